The molecule has 3 heterocycles. The van der Waals surface area contributed by atoms with Crippen LogP contribution in [0.1, 0.15) is 113 Å². The molecule has 0 unspecified atom stereocenters. The molecule has 7 aromatic carbocycles. The second-order valence-electron chi connectivity index (χ2n) is 20.5. The van der Waals surface area contributed by atoms with E-state index in [0.29, 0.717) is 16.8 Å². The van der Waals surface area contributed by atoms with Gasteiger partial charge in [-0.2, -0.15) is 0 Å². The number of imidazole rings is 1. The van der Waals surface area contributed by atoms with E-state index in [0.717, 1.165) is 49.9 Å². The third kappa shape index (κ3) is 9.89. The number of halogens is 1. The van der Waals surface area contributed by atoms with E-state index in [1.54, 1.807) is 12.1 Å². The zero-order valence-electron chi connectivity index (χ0n) is 44.0. The van der Waals surface area contributed by atoms with Crippen molar-refractivity contribution in [1.29, 1.82) is 0 Å². The molecule has 10 aromatic rings. The molecule has 0 saturated heterocycles. The van der Waals surface area contributed by atoms with E-state index in [1.165, 1.54) is 57.4 Å². The Morgan fingerprint density at radius 1 is 0.667 bits per heavy atom. The van der Waals surface area contributed by atoms with Gasteiger partial charge in [0.1, 0.15) is 5.58 Å². The van der Waals surface area contributed by atoms with Crippen LogP contribution in [0.2, 0.25) is 0 Å². The smallest absolute Gasteiger partial charge is 0.121 e. The summed E-state index contributed by atoms with van der Waals surface area (Å²) < 4.78 is 45.0. The minimum Gasteiger partial charge on any atom is -0.501 e. The number of hydrogen-bond acceptors (Lipinski definition) is 3. The molecule has 1 radical (unpaired) electrons. The van der Waals surface area contributed by atoms with Crippen LogP contribution in [-0.2, 0) is 30.9 Å². The van der Waals surface area contributed by atoms with Gasteiger partial charge in [0.2, 0.25) is 0 Å². The zero-order valence-corrected chi connectivity index (χ0v) is 43.4. The van der Waals surface area contributed by atoms with Crippen molar-refractivity contribution in [3.8, 4) is 50.6 Å². The van der Waals surface area contributed by atoms with Crippen molar-refractivity contribution in [1.82, 2.24) is 14.5 Å². The monoisotopic (exact) mass is 1090 g/mol. The number of furan rings is 1. The summed E-state index contributed by atoms with van der Waals surface area (Å²) in [5, 5.41) is 2.15. The molecule has 4 nitrogen and oxygen atoms in total. The van der Waals surface area contributed by atoms with Crippen molar-refractivity contribution in [2.24, 2.45) is 0 Å². The van der Waals surface area contributed by atoms with E-state index < -0.39 is 6.85 Å². The number of aryl methyl sites for hydroxylation is 1. The summed E-state index contributed by atoms with van der Waals surface area (Å²) in [5.74, 6) is 1.03. The second kappa shape index (κ2) is 19.5. The van der Waals surface area contributed by atoms with E-state index in [9.17, 15) is 4.39 Å². The number of para-hydroxylation sites is 2. The average Bonchev–Trinajstić information content (AvgIpc) is 3.92. The molecular formula is C63H60FIrN3O-2. The molecule has 0 saturated carbocycles. The summed E-state index contributed by atoms with van der Waals surface area (Å²) in [5.41, 5.74) is 16.4. The first-order valence-corrected chi connectivity index (χ1v) is 23.6. The summed E-state index contributed by atoms with van der Waals surface area (Å²) >= 11 is 0. The van der Waals surface area contributed by atoms with Gasteiger partial charge >= 0.3 is 0 Å². The quantitative estimate of drug-likeness (QED) is 0.149. The summed E-state index contributed by atoms with van der Waals surface area (Å²) in [6, 6.07) is 55.8. The summed E-state index contributed by atoms with van der Waals surface area (Å²) in [6.45, 7) is 19.6. The molecule has 0 aliphatic carbocycles. The fraction of sp³-hybridized carbons (Fsp3) is 0.238. The maximum absolute atomic E-state index is 13.0. The van der Waals surface area contributed by atoms with Gasteiger partial charge < -0.3 is 14.0 Å². The standard InChI is InChI=1S/C47H43N2O.C16H17FN.Ir/c1-29(2)39-26-34(31-14-9-8-10-15-31)27-40(30(3)4)44(39)49-42-19-12-11-18-41(42)48-46(49)38-17-13-16-37-36-25-22-33(28-43(36)50-45(37)38)32-20-23-35(24-21-32)47(5,6)7;1-11-10-18-15(9-14(11)16(2,3)4)12-5-7-13(17)8-6-12;/h8-16,18-30H,1-7H3;5,7-10H,1-4H3;/q2*-1;/i;1D3;. The summed E-state index contributed by atoms with van der Waals surface area (Å²) in [6.07, 6.45) is 1.39. The number of aromatic nitrogens is 3. The Morgan fingerprint density at radius 3 is 1.97 bits per heavy atom. The molecule has 6 heteroatoms. The van der Waals surface area contributed by atoms with Crippen LogP contribution in [0.5, 0.6) is 0 Å². The van der Waals surface area contributed by atoms with Crippen molar-refractivity contribution in [2.75, 3.05) is 0 Å². The van der Waals surface area contributed by atoms with E-state index >= 15 is 0 Å². The van der Waals surface area contributed by atoms with Crippen molar-refractivity contribution in [3.05, 3.63) is 198 Å². The molecule has 3 aromatic heterocycles. The maximum Gasteiger partial charge on any atom is 0.121 e. The molecule has 0 spiro atoms. The average molecular weight is 1090 g/mol. The first-order chi connectivity index (χ1) is 33.7. The van der Waals surface area contributed by atoms with Crippen LogP contribution in [0.25, 0.3) is 83.6 Å². The predicted octanol–water partition coefficient (Wildman–Crippen LogP) is 17.6. The van der Waals surface area contributed by atoms with Crippen LogP contribution >= 0.6 is 0 Å². The van der Waals surface area contributed by atoms with Crippen LogP contribution < -0.4 is 0 Å². The van der Waals surface area contributed by atoms with E-state index in [1.807, 2.05) is 26.8 Å². The van der Waals surface area contributed by atoms with Gasteiger partial charge in [-0.05, 0) is 116 Å². The third-order valence-corrected chi connectivity index (χ3v) is 12.8. The number of nitrogens with zero attached hydrogens (tertiary/aromatic N) is 3. The normalized spacial score (nSPS) is 12.7. The Hall–Kier alpha value is -6.46. The number of pyridine rings is 1. The predicted molar refractivity (Wildman–Crippen MR) is 282 cm³/mol. The van der Waals surface area contributed by atoms with Crippen LogP contribution in [0.4, 0.5) is 4.39 Å². The molecule has 0 bridgehead atoms. The molecule has 351 valence electrons. The van der Waals surface area contributed by atoms with Gasteiger partial charge in [-0.15, -0.1) is 48.0 Å². The molecule has 69 heavy (non-hydrogen) atoms. The van der Waals surface area contributed by atoms with Crippen LogP contribution in [0.15, 0.2) is 156 Å². The number of rotatable bonds is 7. The Kier molecular flexibility index (Phi) is 12.7. The topological polar surface area (TPSA) is 43.9 Å². The molecule has 10 rings (SSSR count). The zero-order chi connectivity index (χ0) is 50.6. The molecule has 0 fully saturated rings. The van der Waals surface area contributed by atoms with Crippen LogP contribution in [0.3, 0.4) is 0 Å². The van der Waals surface area contributed by atoms with Crippen LogP contribution in [-0.4, -0.2) is 14.5 Å². The maximum atomic E-state index is 13.0. The first-order valence-electron chi connectivity index (χ1n) is 25.1. The van der Waals surface area contributed by atoms with E-state index in [2.05, 4.69) is 185 Å². The van der Waals surface area contributed by atoms with Crippen molar-refractivity contribution >= 4 is 33.0 Å². The largest absolute Gasteiger partial charge is 0.501 e. The van der Waals surface area contributed by atoms with Gasteiger partial charge in [-0.3, -0.25) is 9.37 Å². The Labute approximate surface area is 425 Å². The molecular weight excluding hydrogens is 1030 g/mol. The van der Waals surface area contributed by atoms with E-state index in [-0.39, 0.29) is 54.2 Å². The third-order valence-electron chi connectivity index (χ3n) is 12.8. The SMILES string of the molecule is CC(C)c1cc(-c2ccccc2)cc(C(C)C)c1-n1c(-c2[c-]ccc3c2oc2cc(-c4ccc(C(C)(C)C)cc4)ccc23)nc2ccccc21.[2H]C([2H])([2H])c1cnc(-c2[c-]cc(F)cc2)cc1C(C)(C)C.[Ir]. The Morgan fingerprint density at radius 2 is 1.33 bits per heavy atom. The fourth-order valence-corrected chi connectivity index (χ4v) is 9.07. The molecule has 0 aliphatic heterocycles. The fourth-order valence-electron chi connectivity index (χ4n) is 9.07. The minimum atomic E-state index is -2.21. The van der Waals surface area contributed by atoms with Gasteiger partial charge in [0.15, 0.2) is 0 Å². The minimum absolute atomic E-state index is 0. The van der Waals surface area contributed by atoms with Gasteiger partial charge in [0.25, 0.3) is 0 Å². The Bertz CT molecular complexity index is 3510. The van der Waals surface area contributed by atoms with Gasteiger partial charge in [0.05, 0.1) is 22.4 Å². The van der Waals surface area contributed by atoms with Gasteiger partial charge in [0, 0.05) is 47.3 Å². The molecule has 0 atom stereocenters. The second-order valence-corrected chi connectivity index (χ2v) is 20.5. The van der Waals surface area contributed by atoms with Gasteiger partial charge in [-0.1, -0.05) is 165 Å². The molecule has 0 N–H and O–H groups in total. The molecule has 0 aliphatic rings. The van der Waals surface area contributed by atoms with E-state index in [4.69, 9.17) is 13.5 Å². The Balaban J connectivity index is 0.000000265. The summed E-state index contributed by atoms with van der Waals surface area (Å²) in [7, 11) is 0. The number of benzene rings is 7. The first kappa shape index (κ1) is 45.0. The van der Waals surface area contributed by atoms with Gasteiger partial charge in [-0.25, -0.2) is 0 Å². The van der Waals surface area contributed by atoms with Crippen molar-refractivity contribution < 1.29 is 33.0 Å². The number of hydrogen-bond donors (Lipinski definition) is 0. The van der Waals surface area contributed by atoms with Crippen LogP contribution in [0, 0.1) is 24.8 Å². The molecule has 0 amide bonds. The number of fused-ring (bicyclic) bond motifs is 4. The summed E-state index contributed by atoms with van der Waals surface area (Å²) in [4.78, 5) is 9.53. The van der Waals surface area contributed by atoms with Crippen molar-refractivity contribution in [3.63, 3.8) is 0 Å². The van der Waals surface area contributed by atoms with Crippen molar-refractivity contribution in [2.45, 2.75) is 98.8 Å².